The Hall–Kier alpha value is -1.20. The lowest BCUT2D eigenvalue weighted by atomic mass is 10.1. The standard InChI is InChI=1S/C11H14N4S/c1-3-12-5-8(1)6-13-10-9-2-4-16-11(9)15-7-14-10/h2,4,7-8,12H,1,3,5-6H2,(H,13,14,15). The molecule has 0 radical (unpaired) electrons. The van der Waals surface area contributed by atoms with Crippen LogP contribution in [0.25, 0.3) is 10.2 Å². The maximum absolute atomic E-state index is 4.30. The van der Waals surface area contributed by atoms with E-state index >= 15 is 0 Å². The highest BCUT2D eigenvalue weighted by Gasteiger charge is 2.14. The van der Waals surface area contributed by atoms with Crippen molar-refractivity contribution in [1.82, 2.24) is 15.3 Å². The Morgan fingerprint density at radius 3 is 3.38 bits per heavy atom. The van der Waals surface area contributed by atoms with E-state index in [-0.39, 0.29) is 0 Å². The first-order chi connectivity index (χ1) is 7.93. The molecule has 1 fully saturated rings. The average Bonchev–Trinajstić information content (AvgIpc) is 2.97. The van der Waals surface area contributed by atoms with E-state index in [1.165, 1.54) is 6.42 Å². The van der Waals surface area contributed by atoms with E-state index in [0.29, 0.717) is 0 Å². The maximum Gasteiger partial charge on any atom is 0.138 e. The van der Waals surface area contributed by atoms with E-state index in [9.17, 15) is 0 Å². The minimum atomic E-state index is 0.726. The molecule has 0 bridgehead atoms. The van der Waals surface area contributed by atoms with Crippen molar-refractivity contribution >= 4 is 27.4 Å². The predicted molar refractivity (Wildman–Crippen MR) is 66.9 cm³/mol. The van der Waals surface area contributed by atoms with Crippen LogP contribution in [0.15, 0.2) is 17.8 Å². The van der Waals surface area contributed by atoms with Crippen LogP contribution >= 0.6 is 11.3 Å². The second kappa shape index (κ2) is 4.35. The summed E-state index contributed by atoms with van der Waals surface area (Å²) in [4.78, 5) is 9.60. The van der Waals surface area contributed by atoms with Crippen LogP contribution < -0.4 is 10.6 Å². The summed E-state index contributed by atoms with van der Waals surface area (Å²) < 4.78 is 0. The first kappa shape index (κ1) is 9.99. The number of aromatic nitrogens is 2. The van der Waals surface area contributed by atoms with E-state index < -0.39 is 0 Å². The van der Waals surface area contributed by atoms with Gasteiger partial charge in [-0.2, -0.15) is 0 Å². The molecule has 0 aliphatic carbocycles. The third-order valence-corrected chi connectivity index (χ3v) is 3.80. The van der Waals surface area contributed by atoms with Crippen molar-refractivity contribution in [3.63, 3.8) is 0 Å². The lowest BCUT2D eigenvalue weighted by Crippen LogP contribution is -2.17. The molecular weight excluding hydrogens is 220 g/mol. The van der Waals surface area contributed by atoms with Crippen molar-refractivity contribution in [2.45, 2.75) is 6.42 Å². The van der Waals surface area contributed by atoms with E-state index in [1.54, 1.807) is 17.7 Å². The molecule has 1 aliphatic rings. The summed E-state index contributed by atoms with van der Waals surface area (Å²) in [6.45, 7) is 3.25. The lowest BCUT2D eigenvalue weighted by Gasteiger charge is -2.10. The number of thiophene rings is 1. The number of nitrogens with one attached hydrogen (secondary N) is 2. The number of hydrogen-bond donors (Lipinski definition) is 2. The Balaban J connectivity index is 1.75. The minimum absolute atomic E-state index is 0.726. The van der Waals surface area contributed by atoms with Crippen LogP contribution in [0.5, 0.6) is 0 Å². The SMILES string of the molecule is c1nc(NCC2CCNC2)c2ccsc2n1. The van der Waals surface area contributed by atoms with Crippen LogP contribution in [0.2, 0.25) is 0 Å². The zero-order valence-corrected chi connectivity index (χ0v) is 9.76. The molecule has 2 aromatic heterocycles. The molecule has 1 unspecified atom stereocenters. The highest BCUT2D eigenvalue weighted by molar-refractivity contribution is 7.16. The summed E-state index contributed by atoms with van der Waals surface area (Å²) in [6, 6.07) is 2.08. The topological polar surface area (TPSA) is 49.8 Å². The zero-order chi connectivity index (χ0) is 10.8. The van der Waals surface area contributed by atoms with Crippen LogP contribution in [0.3, 0.4) is 0 Å². The second-order valence-corrected chi connectivity index (χ2v) is 5.00. The Kier molecular flexibility index (Phi) is 2.71. The van der Waals surface area contributed by atoms with E-state index in [1.807, 2.05) is 0 Å². The molecule has 0 amide bonds. The number of nitrogens with zero attached hydrogens (tertiary/aromatic N) is 2. The molecule has 0 spiro atoms. The fourth-order valence-electron chi connectivity index (χ4n) is 2.06. The largest absolute Gasteiger partial charge is 0.369 e. The third kappa shape index (κ3) is 1.88. The normalized spacial score (nSPS) is 20.4. The molecule has 0 aromatic carbocycles. The van der Waals surface area contributed by atoms with Gasteiger partial charge in [-0.25, -0.2) is 9.97 Å². The molecule has 1 atom stereocenters. The summed E-state index contributed by atoms with van der Waals surface area (Å²) in [6.07, 6.45) is 2.89. The highest BCUT2D eigenvalue weighted by atomic mass is 32.1. The monoisotopic (exact) mass is 234 g/mol. The molecule has 2 N–H and O–H groups in total. The van der Waals surface area contributed by atoms with Crippen molar-refractivity contribution < 1.29 is 0 Å². The highest BCUT2D eigenvalue weighted by Crippen LogP contribution is 2.24. The molecule has 84 valence electrons. The summed E-state index contributed by atoms with van der Waals surface area (Å²) in [7, 11) is 0. The van der Waals surface area contributed by atoms with Gasteiger partial charge in [0.2, 0.25) is 0 Å². The molecule has 0 saturated carbocycles. The van der Waals surface area contributed by atoms with Crippen molar-refractivity contribution in [2.24, 2.45) is 5.92 Å². The van der Waals surface area contributed by atoms with Gasteiger partial charge in [0.1, 0.15) is 17.0 Å². The van der Waals surface area contributed by atoms with Gasteiger partial charge in [-0.15, -0.1) is 11.3 Å². The Bertz CT molecular complexity index is 476. The average molecular weight is 234 g/mol. The van der Waals surface area contributed by atoms with E-state index in [2.05, 4.69) is 32.0 Å². The molecule has 2 aromatic rings. The van der Waals surface area contributed by atoms with Crippen LogP contribution in [0.4, 0.5) is 5.82 Å². The molecule has 1 aliphatic heterocycles. The summed E-state index contributed by atoms with van der Waals surface area (Å²) in [5, 5.41) is 10.00. The van der Waals surface area contributed by atoms with Gasteiger partial charge in [-0.05, 0) is 36.9 Å². The maximum atomic E-state index is 4.30. The van der Waals surface area contributed by atoms with E-state index in [4.69, 9.17) is 0 Å². The van der Waals surface area contributed by atoms with Crippen LogP contribution in [0, 0.1) is 5.92 Å². The molecular formula is C11H14N4S. The molecule has 3 heterocycles. The predicted octanol–water partition coefficient (Wildman–Crippen LogP) is 1.71. The smallest absolute Gasteiger partial charge is 0.138 e. The number of fused-ring (bicyclic) bond motifs is 1. The number of hydrogen-bond acceptors (Lipinski definition) is 5. The quantitative estimate of drug-likeness (QED) is 0.849. The Morgan fingerprint density at radius 1 is 1.50 bits per heavy atom. The van der Waals surface area contributed by atoms with Gasteiger partial charge in [0.25, 0.3) is 0 Å². The number of rotatable bonds is 3. The fraction of sp³-hybridized carbons (Fsp3) is 0.455. The third-order valence-electron chi connectivity index (χ3n) is 2.98. The number of anilines is 1. The molecule has 16 heavy (non-hydrogen) atoms. The van der Waals surface area contributed by atoms with Gasteiger partial charge in [-0.3, -0.25) is 0 Å². The molecule has 3 rings (SSSR count). The Labute approximate surface area is 98.1 Å². The van der Waals surface area contributed by atoms with E-state index in [0.717, 1.165) is 41.6 Å². The fourth-order valence-corrected chi connectivity index (χ4v) is 2.79. The molecule has 5 heteroatoms. The van der Waals surface area contributed by atoms with Crippen molar-refractivity contribution in [3.8, 4) is 0 Å². The van der Waals surface area contributed by atoms with Gasteiger partial charge in [0, 0.05) is 6.54 Å². The summed E-state index contributed by atoms with van der Waals surface area (Å²) in [5.74, 6) is 1.70. The van der Waals surface area contributed by atoms with Crippen LogP contribution in [-0.2, 0) is 0 Å². The summed E-state index contributed by atoms with van der Waals surface area (Å²) in [5.41, 5.74) is 0. The first-order valence-electron chi connectivity index (χ1n) is 5.56. The van der Waals surface area contributed by atoms with Crippen molar-refractivity contribution in [3.05, 3.63) is 17.8 Å². The molecule has 1 saturated heterocycles. The van der Waals surface area contributed by atoms with Gasteiger partial charge < -0.3 is 10.6 Å². The Morgan fingerprint density at radius 2 is 2.50 bits per heavy atom. The second-order valence-electron chi connectivity index (χ2n) is 4.10. The van der Waals surface area contributed by atoms with Crippen LogP contribution in [0.1, 0.15) is 6.42 Å². The van der Waals surface area contributed by atoms with Crippen molar-refractivity contribution in [2.75, 3.05) is 25.0 Å². The summed E-state index contributed by atoms with van der Waals surface area (Å²) >= 11 is 1.66. The van der Waals surface area contributed by atoms with Gasteiger partial charge in [-0.1, -0.05) is 0 Å². The minimum Gasteiger partial charge on any atom is -0.369 e. The van der Waals surface area contributed by atoms with Crippen molar-refractivity contribution in [1.29, 1.82) is 0 Å². The first-order valence-corrected chi connectivity index (χ1v) is 6.44. The van der Waals surface area contributed by atoms with Crippen LogP contribution in [-0.4, -0.2) is 29.6 Å². The van der Waals surface area contributed by atoms with Gasteiger partial charge in [0.05, 0.1) is 5.39 Å². The molecule has 4 nitrogen and oxygen atoms in total. The zero-order valence-electron chi connectivity index (χ0n) is 8.94. The van der Waals surface area contributed by atoms with Gasteiger partial charge >= 0.3 is 0 Å². The van der Waals surface area contributed by atoms with Gasteiger partial charge in [0.15, 0.2) is 0 Å². The lowest BCUT2D eigenvalue weighted by molar-refractivity contribution is 0.614.